The monoisotopic (exact) mass is 213 g/mol. The van der Waals surface area contributed by atoms with Gasteiger partial charge in [0.05, 0.1) is 11.0 Å². The van der Waals surface area contributed by atoms with Gasteiger partial charge in [-0.05, 0) is 34.1 Å². The molecule has 0 aromatic carbocycles. The lowest BCUT2D eigenvalue weighted by atomic mass is 9.73. The normalized spacial score (nSPS) is 18.4. The number of rotatable bonds is 3. The fourth-order valence-electron chi connectivity index (χ4n) is 1.84. The number of hydrogen-bond acceptors (Lipinski definition) is 2. The van der Waals surface area contributed by atoms with Crippen molar-refractivity contribution in [2.24, 2.45) is 5.41 Å². The van der Waals surface area contributed by atoms with Crippen LogP contribution in [0, 0.1) is 5.41 Å². The second-order valence-electron chi connectivity index (χ2n) is 5.14. The van der Waals surface area contributed by atoms with Crippen molar-refractivity contribution in [3.63, 3.8) is 0 Å². The van der Waals surface area contributed by atoms with Crippen LogP contribution in [0.2, 0.25) is 0 Å². The van der Waals surface area contributed by atoms with Crippen molar-refractivity contribution in [3.05, 3.63) is 0 Å². The van der Waals surface area contributed by atoms with Gasteiger partial charge in [0.15, 0.2) is 0 Å². The van der Waals surface area contributed by atoms with Gasteiger partial charge in [-0.3, -0.25) is 9.59 Å². The van der Waals surface area contributed by atoms with Crippen LogP contribution in [0.25, 0.3) is 0 Å². The molecule has 0 aromatic rings. The molecular formula is C11H19NO3. The Morgan fingerprint density at radius 1 is 1.33 bits per heavy atom. The highest BCUT2D eigenvalue weighted by Gasteiger charge is 2.49. The number of hydrogen-bond donors (Lipinski definition) is 1. The molecule has 0 bridgehead atoms. The van der Waals surface area contributed by atoms with Gasteiger partial charge in [-0.25, -0.2) is 0 Å². The summed E-state index contributed by atoms with van der Waals surface area (Å²) in [5.74, 6) is -0.804. The number of carbonyl (C=O) groups excluding carboxylic acids is 1. The molecule has 1 N–H and O–H groups in total. The maximum Gasteiger partial charge on any atom is 0.311 e. The summed E-state index contributed by atoms with van der Waals surface area (Å²) < 4.78 is 0. The molecule has 4 heteroatoms. The van der Waals surface area contributed by atoms with E-state index in [9.17, 15) is 14.7 Å². The fraction of sp³-hybridized carbons (Fsp3) is 0.818. The zero-order chi connectivity index (χ0) is 11.9. The fourth-order valence-corrected chi connectivity index (χ4v) is 1.84. The summed E-state index contributed by atoms with van der Waals surface area (Å²) in [5.41, 5.74) is -1.58. The predicted molar refractivity (Wildman–Crippen MR) is 56.4 cm³/mol. The maximum absolute atomic E-state index is 11.6. The number of aliphatic carboxylic acids is 1. The molecule has 0 atom stereocenters. The van der Waals surface area contributed by atoms with Crippen molar-refractivity contribution in [3.8, 4) is 0 Å². The van der Waals surface area contributed by atoms with Crippen LogP contribution in [0.5, 0.6) is 0 Å². The third-order valence-electron chi connectivity index (χ3n) is 3.81. The highest BCUT2D eigenvalue weighted by atomic mass is 16.4. The standard InChI is InChI=1S/C11H19NO3/c1-10(2,9(14)15)11(3,4)12-7-5-6-8(12)13/h5-7H2,1-4H3,(H,14,15). The zero-order valence-electron chi connectivity index (χ0n) is 9.83. The van der Waals surface area contributed by atoms with Gasteiger partial charge in [0, 0.05) is 13.0 Å². The number of carboxylic acids is 1. The van der Waals surface area contributed by atoms with Crippen molar-refractivity contribution in [2.45, 2.75) is 46.1 Å². The highest BCUT2D eigenvalue weighted by Crippen LogP contribution is 2.38. The van der Waals surface area contributed by atoms with Gasteiger partial charge in [-0.1, -0.05) is 0 Å². The Kier molecular flexibility index (Phi) is 2.81. The lowest BCUT2D eigenvalue weighted by molar-refractivity contribution is -0.158. The zero-order valence-corrected chi connectivity index (χ0v) is 9.83. The highest BCUT2D eigenvalue weighted by molar-refractivity contribution is 5.82. The van der Waals surface area contributed by atoms with Crippen molar-refractivity contribution < 1.29 is 14.7 Å². The van der Waals surface area contributed by atoms with Crippen LogP contribution in [0.1, 0.15) is 40.5 Å². The van der Waals surface area contributed by atoms with Crippen LogP contribution in [0.15, 0.2) is 0 Å². The van der Waals surface area contributed by atoms with E-state index in [0.717, 1.165) is 6.42 Å². The third kappa shape index (κ3) is 1.73. The smallest absolute Gasteiger partial charge is 0.311 e. The van der Waals surface area contributed by atoms with Gasteiger partial charge in [-0.2, -0.15) is 0 Å². The molecule has 4 nitrogen and oxygen atoms in total. The molecule has 0 aliphatic carbocycles. The third-order valence-corrected chi connectivity index (χ3v) is 3.81. The second-order valence-corrected chi connectivity index (χ2v) is 5.14. The Morgan fingerprint density at radius 3 is 2.20 bits per heavy atom. The summed E-state index contributed by atoms with van der Waals surface area (Å²) >= 11 is 0. The molecule has 1 fully saturated rings. The Hall–Kier alpha value is -1.06. The van der Waals surface area contributed by atoms with E-state index in [4.69, 9.17) is 0 Å². The second kappa shape index (κ2) is 3.51. The maximum atomic E-state index is 11.6. The van der Waals surface area contributed by atoms with Gasteiger partial charge in [0.25, 0.3) is 0 Å². The van der Waals surface area contributed by atoms with Crippen molar-refractivity contribution in [2.75, 3.05) is 6.54 Å². The van der Waals surface area contributed by atoms with Crippen LogP contribution in [-0.4, -0.2) is 34.0 Å². The summed E-state index contributed by atoms with van der Waals surface area (Å²) in [7, 11) is 0. The number of carboxylic acid groups (broad SMARTS) is 1. The topological polar surface area (TPSA) is 57.6 Å². The quantitative estimate of drug-likeness (QED) is 0.772. The van der Waals surface area contributed by atoms with Crippen LogP contribution in [-0.2, 0) is 9.59 Å². The molecule has 0 saturated carbocycles. The number of likely N-dealkylation sites (tertiary alicyclic amines) is 1. The van der Waals surface area contributed by atoms with Crippen molar-refractivity contribution >= 4 is 11.9 Å². The summed E-state index contributed by atoms with van der Waals surface area (Å²) in [4.78, 5) is 24.5. The minimum absolute atomic E-state index is 0.0642. The average molecular weight is 213 g/mol. The first-order valence-corrected chi connectivity index (χ1v) is 5.25. The minimum atomic E-state index is -0.938. The summed E-state index contributed by atoms with van der Waals surface area (Å²) in [6, 6.07) is 0. The lowest BCUT2D eigenvalue weighted by Crippen LogP contribution is -2.57. The van der Waals surface area contributed by atoms with E-state index in [1.807, 2.05) is 13.8 Å². The van der Waals surface area contributed by atoms with Gasteiger partial charge < -0.3 is 10.0 Å². The Bertz CT molecular complexity index is 294. The molecule has 1 aliphatic heterocycles. The Labute approximate surface area is 90.3 Å². The summed E-state index contributed by atoms with van der Waals surface area (Å²) in [6.45, 7) is 7.65. The molecule has 1 rings (SSSR count). The van der Waals surface area contributed by atoms with E-state index in [0.29, 0.717) is 13.0 Å². The van der Waals surface area contributed by atoms with E-state index in [-0.39, 0.29) is 5.91 Å². The van der Waals surface area contributed by atoms with E-state index in [1.165, 1.54) is 0 Å². The molecular weight excluding hydrogens is 194 g/mol. The summed E-state index contributed by atoms with van der Waals surface area (Å²) in [6.07, 6.45) is 1.37. The average Bonchev–Trinajstić information content (AvgIpc) is 2.51. The van der Waals surface area contributed by atoms with Crippen LogP contribution >= 0.6 is 0 Å². The SMILES string of the molecule is CC(C)(C(=O)O)C(C)(C)N1CCCC1=O. The first-order valence-electron chi connectivity index (χ1n) is 5.25. The molecule has 0 unspecified atom stereocenters. The molecule has 1 saturated heterocycles. The van der Waals surface area contributed by atoms with Crippen LogP contribution in [0.3, 0.4) is 0 Å². The first kappa shape index (κ1) is 12.0. The molecule has 15 heavy (non-hydrogen) atoms. The molecule has 1 aliphatic rings. The van der Waals surface area contributed by atoms with Gasteiger partial charge in [-0.15, -0.1) is 0 Å². The van der Waals surface area contributed by atoms with E-state index >= 15 is 0 Å². The molecule has 1 amide bonds. The van der Waals surface area contributed by atoms with E-state index in [1.54, 1.807) is 18.7 Å². The number of carbonyl (C=O) groups is 2. The van der Waals surface area contributed by atoms with Gasteiger partial charge >= 0.3 is 5.97 Å². The molecule has 0 radical (unpaired) electrons. The Balaban J connectivity index is 3.00. The van der Waals surface area contributed by atoms with Crippen molar-refractivity contribution in [1.82, 2.24) is 4.90 Å². The minimum Gasteiger partial charge on any atom is -0.481 e. The molecule has 86 valence electrons. The number of amides is 1. The lowest BCUT2D eigenvalue weighted by Gasteiger charge is -2.45. The van der Waals surface area contributed by atoms with E-state index < -0.39 is 16.9 Å². The van der Waals surface area contributed by atoms with Gasteiger partial charge in [0.2, 0.25) is 5.91 Å². The van der Waals surface area contributed by atoms with Crippen LogP contribution < -0.4 is 0 Å². The molecule has 0 aromatic heterocycles. The largest absolute Gasteiger partial charge is 0.481 e. The number of nitrogens with zero attached hydrogens (tertiary/aromatic N) is 1. The van der Waals surface area contributed by atoms with Gasteiger partial charge in [0.1, 0.15) is 0 Å². The predicted octanol–water partition coefficient (Wildman–Crippen LogP) is 1.50. The van der Waals surface area contributed by atoms with Crippen LogP contribution in [0.4, 0.5) is 0 Å². The Morgan fingerprint density at radius 2 is 1.87 bits per heavy atom. The first-order chi connectivity index (χ1) is 6.71. The van der Waals surface area contributed by atoms with E-state index in [2.05, 4.69) is 0 Å². The molecule has 1 heterocycles. The van der Waals surface area contributed by atoms with Crippen molar-refractivity contribution in [1.29, 1.82) is 0 Å². The summed E-state index contributed by atoms with van der Waals surface area (Å²) in [5, 5.41) is 9.19. The molecule has 0 spiro atoms.